The second-order valence-electron chi connectivity index (χ2n) is 3.28. The third-order valence-electron chi connectivity index (χ3n) is 1.79. The molecule has 1 rings (SSSR count). The van der Waals surface area contributed by atoms with E-state index < -0.39 is 0 Å². The molecule has 0 spiro atoms. The van der Waals surface area contributed by atoms with Gasteiger partial charge in [-0.05, 0) is 18.2 Å². The zero-order valence-electron chi connectivity index (χ0n) is 9.73. The molecule has 1 aromatic carbocycles. The summed E-state index contributed by atoms with van der Waals surface area (Å²) in [7, 11) is 1.36. The molecular weight excluding hydrogens is 320 g/mol. The van der Waals surface area contributed by atoms with Crippen LogP contribution in [-0.4, -0.2) is 30.4 Å². The fourth-order valence-electron chi connectivity index (χ4n) is 1.14. The van der Waals surface area contributed by atoms with Gasteiger partial charge in [-0.25, -0.2) is 5.48 Å². The highest BCUT2D eigenvalue weighted by atomic mass is 79.9. The van der Waals surface area contributed by atoms with Gasteiger partial charge in [0.25, 0.3) is 5.91 Å². The lowest BCUT2D eigenvalue weighted by atomic mass is 10.3. The molecule has 1 aromatic rings. The Balaban J connectivity index is 2.28. The van der Waals surface area contributed by atoms with Crippen molar-refractivity contribution in [2.24, 2.45) is 0 Å². The molecule has 0 aliphatic carbocycles. The lowest BCUT2D eigenvalue weighted by Gasteiger charge is -2.05. The Bertz CT molecular complexity index is 429. The SMILES string of the molecule is CONC(=O)CSCC(=O)Nc1cccc(Br)c1. The summed E-state index contributed by atoms with van der Waals surface area (Å²) in [5.41, 5.74) is 2.90. The second kappa shape index (κ2) is 8.12. The molecule has 0 saturated carbocycles. The first-order valence-corrected chi connectivity index (χ1v) is 7.01. The predicted molar refractivity (Wildman–Crippen MR) is 75.2 cm³/mol. The summed E-state index contributed by atoms with van der Waals surface area (Å²) >= 11 is 4.53. The highest BCUT2D eigenvalue weighted by Gasteiger charge is 2.05. The van der Waals surface area contributed by atoms with Crippen LogP contribution in [0.1, 0.15) is 0 Å². The number of hydroxylamine groups is 1. The average Bonchev–Trinajstić information content (AvgIpc) is 2.29. The van der Waals surface area contributed by atoms with E-state index in [2.05, 4.69) is 31.6 Å². The first kappa shape index (κ1) is 15.0. The highest BCUT2D eigenvalue weighted by molar-refractivity contribution is 9.10. The molecule has 0 saturated heterocycles. The minimum absolute atomic E-state index is 0.150. The third-order valence-corrected chi connectivity index (χ3v) is 3.22. The zero-order valence-corrected chi connectivity index (χ0v) is 12.1. The van der Waals surface area contributed by atoms with E-state index in [-0.39, 0.29) is 23.3 Å². The number of thioether (sulfide) groups is 1. The molecule has 2 N–H and O–H groups in total. The average molecular weight is 333 g/mol. The number of carbonyl (C=O) groups excluding carboxylic acids is 2. The summed E-state index contributed by atoms with van der Waals surface area (Å²) in [5.74, 6) is -0.0234. The Morgan fingerprint density at radius 1 is 1.33 bits per heavy atom. The molecule has 0 atom stereocenters. The number of anilines is 1. The van der Waals surface area contributed by atoms with Crippen molar-refractivity contribution in [3.63, 3.8) is 0 Å². The van der Waals surface area contributed by atoms with Gasteiger partial charge in [-0.15, -0.1) is 11.8 Å². The Hall–Kier alpha value is -1.05. The first-order valence-electron chi connectivity index (χ1n) is 5.07. The maximum absolute atomic E-state index is 11.6. The molecule has 2 amide bonds. The number of halogens is 1. The van der Waals surface area contributed by atoms with E-state index in [0.29, 0.717) is 0 Å². The molecule has 7 heteroatoms. The number of hydrogen-bond acceptors (Lipinski definition) is 4. The normalized spacial score (nSPS) is 9.89. The Morgan fingerprint density at radius 3 is 2.72 bits per heavy atom. The quantitative estimate of drug-likeness (QED) is 0.779. The van der Waals surface area contributed by atoms with Gasteiger partial charge < -0.3 is 5.32 Å². The van der Waals surface area contributed by atoms with Gasteiger partial charge in [0.05, 0.1) is 18.6 Å². The molecular formula is C11H13BrN2O3S. The standard InChI is InChI=1S/C11H13BrN2O3S/c1-17-14-11(16)7-18-6-10(15)13-9-4-2-3-8(12)5-9/h2-5H,6-7H2,1H3,(H,13,15)(H,14,16). The van der Waals surface area contributed by atoms with Crippen molar-refractivity contribution in [3.05, 3.63) is 28.7 Å². The molecule has 0 unspecified atom stereocenters. The fourth-order valence-corrected chi connectivity index (χ4v) is 2.15. The predicted octanol–water partition coefficient (Wildman–Crippen LogP) is 1.80. The third kappa shape index (κ3) is 6.04. The van der Waals surface area contributed by atoms with Crippen LogP contribution in [0.2, 0.25) is 0 Å². The van der Waals surface area contributed by atoms with Crippen LogP contribution >= 0.6 is 27.7 Å². The zero-order chi connectivity index (χ0) is 13.4. The minimum Gasteiger partial charge on any atom is -0.325 e. The van der Waals surface area contributed by atoms with E-state index in [9.17, 15) is 9.59 Å². The van der Waals surface area contributed by atoms with Crippen LogP contribution in [0.5, 0.6) is 0 Å². The van der Waals surface area contributed by atoms with Gasteiger partial charge in [0.1, 0.15) is 0 Å². The number of nitrogens with one attached hydrogen (secondary N) is 2. The molecule has 98 valence electrons. The first-order chi connectivity index (χ1) is 8.61. The van der Waals surface area contributed by atoms with Gasteiger partial charge >= 0.3 is 0 Å². The Labute approximate surface area is 118 Å². The molecule has 0 radical (unpaired) electrons. The maximum Gasteiger partial charge on any atom is 0.253 e. The van der Waals surface area contributed by atoms with Crippen LogP contribution in [0.25, 0.3) is 0 Å². The fraction of sp³-hybridized carbons (Fsp3) is 0.273. The molecule has 18 heavy (non-hydrogen) atoms. The van der Waals surface area contributed by atoms with Gasteiger partial charge in [0.15, 0.2) is 0 Å². The van der Waals surface area contributed by atoms with Crippen molar-refractivity contribution in [1.82, 2.24) is 5.48 Å². The van der Waals surface area contributed by atoms with Crippen LogP contribution in [0, 0.1) is 0 Å². The monoisotopic (exact) mass is 332 g/mol. The lowest BCUT2D eigenvalue weighted by molar-refractivity contribution is -0.128. The van der Waals surface area contributed by atoms with Crippen molar-refractivity contribution >= 4 is 45.2 Å². The number of benzene rings is 1. The summed E-state index contributed by atoms with van der Waals surface area (Å²) in [5, 5.41) is 2.74. The van der Waals surface area contributed by atoms with E-state index in [1.807, 2.05) is 12.1 Å². The van der Waals surface area contributed by atoms with Gasteiger partial charge in [0, 0.05) is 10.2 Å². The van der Waals surface area contributed by atoms with Gasteiger partial charge in [-0.3, -0.25) is 14.4 Å². The van der Waals surface area contributed by atoms with Crippen molar-refractivity contribution < 1.29 is 14.4 Å². The molecule has 0 heterocycles. The van der Waals surface area contributed by atoms with Crippen LogP contribution in [0.3, 0.4) is 0 Å². The van der Waals surface area contributed by atoms with Crippen LogP contribution in [0.15, 0.2) is 28.7 Å². The van der Waals surface area contributed by atoms with E-state index in [0.717, 1.165) is 10.2 Å². The van der Waals surface area contributed by atoms with Crippen molar-refractivity contribution in [2.75, 3.05) is 23.9 Å². The van der Waals surface area contributed by atoms with Crippen molar-refractivity contribution in [2.45, 2.75) is 0 Å². The molecule has 0 aliphatic heterocycles. The van der Waals surface area contributed by atoms with E-state index in [1.165, 1.54) is 18.9 Å². The molecule has 0 fully saturated rings. The van der Waals surface area contributed by atoms with Crippen LogP contribution in [-0.2, 0) is 14.4 Å². The number of amides is 2. The summed E-state index contributed by atoms with van der Waals surface area (Å²) < 4.78 is 0.896. The number of hydrogen-bond donors (Lipinski definition) is 2. The van der Waals surface area contributed by atoms with E-state index in [1.54, 1.807) is 12.1 Å². The van der Waals surface area contributed by atoms with Gasteiger partial charge in [0.2, 0.25) is 5.91 Å². The topological polar surface area (TPSA) is 67.4 Å². The summed E-state index contributed by atoms with van der Waals surface area (Å²) in [4.78, 5) is 27.0. The molecule has 0 aromatic heterocycles. The minimum atomic E-state index is -0.266. The molecule has 5 nitrogen and oxygen atoms in total. The van der Waals surface area contributed by atoms with Crippen LogP contribution < -0.4 is 10.8 Å². The lowest BCUT2D eigenvalue weighted by Crippen LogP contribution is -2.24. The van der Waals surface area contributed by atoms with E-state index >= 15 is 0 Å². The largest absolute Gasteiger partial charge is 0.325 e. The summed E-state index contributed by atoms with van der Waals surface area (Å²) in [6.45, 7) is 0. The molecule has 0 bridgehead atoms. The summed E-state index contributed by atoms with van der Waals surface area (Å²) in [6.07, 6.45) is 0. The smallest absolute Gasteiger partial charge is 0.253 e. The Kier molecular flexibility index (Phi) is 6.77. The molecule has 0 aliphatic rings. The van der Waals surface area contributed by atoms with Gasteiger partial charge in [-0.1, -0.05) is 22.0 Å². The summed E-state index contributed by atoms with van der Waals surface area (Å²) in [6, 6.07) is 7.31. The van der Waals surface area contributed by atoms with Crippen LogP contribution in [0.4, 0.5) is 5.69 Å². The highest BCUT2D eigenvalue weighted by Crippen LogP contribution is 2.15. The van der Waals surface area contributed by atoms with Gasteiger partial charge in [-0.2, -0.15) is 0 Å². The Morgan fingerprint density at radius 2 is 2.06 bits per heavy atom. The van der Waals surface area contributed by atoms with E-state index in [4.69, 9.17) is 0 Å². The number of rotatable bonds is 6. The second-order valence-corrected chi connectivity index (χ2v) is 5.18. The van der Waals surface area contributed by atoms with Crippen molar-refractivity contribution in [1.29, 1.82) is 0 Å². The number of carbonyl (C=O) groups is 2. The van der Waals surface area contributed by atoms with Crippen molar-refractivity contribution in [3.8, 4) is 0 Å². The maximum atomic E-state index is 11.6.